The van der Waals surface area contributed by atoms with Crippen LogP contribution in [0, 0.1) is 13.8 Å². The molecule has 1 atom stereocenters. The Kier molecular flexibility index (Phi) is 6.84. The smallest absolute Gasteiger partial charge is 0.276 e. The number of rotatable bonds is 6. The Bertz CT molecular complexity index is 1470. The third-order valence-electron chi connectivity index (χ3n) is 7.41. The van der Waals surface area contributed by atoms with Crippen LogP contribution in [0.15, 0.2) is 66.0 Å². The lowest BCUT2D eigenvalue weighted by Gasteiger charge is -2.47. The van der Waals surface area contributed by atoms with Crippen LogP contribution < -0.4 is 15.0 Å². The summed E-state index contributed by atoms with van der Waals surface area (Å²) in [5.74, 6) is 0.521. The standard InChI is InChI=1S/C30H31Cl2N3O3/c1-17(2)35-26-15-34(25-14-22(32)8-6-18(25)3)29(37)28(26)33-30(35,23-10-9-21(31)12-19(23)4)24-13-20(16-36)7-11-27(24)38-5/h6-14,17,33,36H,15-16H2,1-5H3. The minimum Gasteiger partial charge on any atom is -0.496 e. The van der Waals surface area contributed by atoms with E-state index in [-0.39, 0.29) is 18.6 Å². The number of aryl methyl sites for hydroxylation is 2. The number of methoxy groups -OCH3 is 1. The maximum Gasteiger partial charge on any atom is 0.276 e. The number of aliphatic hydroxyl groups is 1. The van der Waals surface area contributed by atoms with E-state index in [0.29, 0.717) is 28.0 Å². The summed E-state index contributed by atoms with van der Waals surface area (Å²) < 4.78 is 5.86. The van der Waals surface area contributed by atoms with Crippen molar-refractivity contribution in [1.29, 1.82) is 0 Å². The molecule has 0 saturated carbocycles. The molecule has 2 heterocycles. The first-order chi connectivity index (χ1) is 18.1. The van der Waals surface area contributed by atoms with Crippen molar-refractivity contribution in [2.45, 2.75) is 46.0 Å². The summed E-state index contributed by atoms with van der Waals surface area (Å²) in [6, 6.07) is 17.0. The van der Waals surface area contributed by atoms with Gasteiger partial charge in [0.2, 0.25) is 0 Å². The van der Waals surface area contributed by atoms with Gasteiger partial charge in [-0.15, -0.1) is 0 Å². The first-order valence-electron chi connectivity index (χ1n) is 12.6. The molecule has 0 radical (unpaired) electrons. The average Bonchev–Trinajstić information content (AvgIpc) is 3.38. The van der Waals surface area contributed by atoms with E-state index in [2.05, 4.69) is 24.1 Å². The van der Waals surface area contributed by atoms with Gasteiger partial charge in [0.1, 0.15) is 11.4 Å². The van der Waals surface area contributed by atoms with Gasteiger partial charge in [-0.25, -0.2) is 0 Å². The molecule has 0 aromatic heterocycles. The highest BCUT2D eigenvalue weighted by Crippen LogP contribution is 2.50. The number of amides is 1. The van der Waals surface area contributed by atoms with Crippen LogP contribution in [0.4, 0.5) is 5.69 Å². The number of nitrogens with one attached hydrogen (secondary N) is 1. The van der Waals surface area contributed by atoms with Crippen LogP contribution in [0.2, 0.25) is 10.0 Å². The molecule has 6 nitrogen and oxygen atoms in total. The Morgan fingerprint density at radius 1 is 1.00 bits per heavy atom. The number of hydrogen-bond acceptors (Lipinski definition) is 5. The lowest BCUT2D eigenvalue weighted by molar-refractivity contribution is -0.115. The van der Waals surface area contributed by atoms with Crippen molar-refractivity contribution in [3.8, 4) is 5.75 Å². The van der Waals surface area contributed by atoms with Crippen LogP contribution in [-0.4, -0.2) is 35.6 Å². The topological polar surface area (TPSA) is 65.0 Å². The van der Waals surface area contributed by atoms with Gasteiger partial charge in [0.15, 0.2) is 5.66 Å². The van der Waals surface area contributed by atoms with Crippen molar-refractivity contribution < 1.29 is 14.6 Å². The number of carbonyl (C=O) groups is 1. The molecule has 1 amide bonds. The van der Waals surface area contributed by atoms with Gasteiger partial charge in [-0.1, -0.05) is 41.4 Å². The molecule has 38 heavy (non-hydrogen) atoms. The van der Waals surface area contributed by atoms with Crippen molar-refractivity contribution in [2.24, 2.45) is 0 Å². The van der Waals surface area contributed by atoms with Crippen LogP contribution in [0.5, 0.6) is 5.75 Å². The van der Waals surface area contributed by atoms with Gasteiger partial charge in [0.25, 0.3) is 5.91 Å². The molecule has 0 aliphatic carbocycles. The zero-order chi connectivity index (χ0) is 27.4. The average molecular weight is 553 g/mol. The number of hydrogen-bond donors (Lipinski definition) is 2. The first-order valence-corrected chi connectivity index (χ1v) is 13.3. The SMILES string of the molecule is COc1ccc(CO)cc1C1(c2ccc(Cl)cc2C)NC2=C(CN(c3cc(Cl)ccc3C)C2=O)N1C(C)C. The highest BCUT2D eigenvalue weighted by atomic mass is 35.5. The molecule has 1 unspecified atom stereocenters. The fourth-order valence-corrected chi connectivity index (χ4v) is 6.19. The Morgan fingerprint density at radius 2 is 1.71 bits per heavy atom. The van der Waals surface area contributed by atoms with Crippen LogP contribution in [0.3, 0.4) is 0 Å². The zero-order valence-corrected chi connectivity index (χ0v) is 23.6. The number of benzene rings is 3. The van der Waals surface area contributed by atoms with E-state index in [1.807, 2.05) is 68.4 Å². The van der Waals surface area contributed by atoms with Gasteiger partial charge < -0.3 is 25.0 Å². The van der Waals surface area contributed by atoms with Crippen LogP contribution in [-0.2, 0) is 17.1 Å². The monoisotopic (exact) mass is 551 g/mol. The minimum atomic E-state index is -0.977. The molecule has 3 aromatic rings. The molecule has 5 rings (SSSR count). The maximum atomic E-state index is 14.0. The number of aliphatic hydroxyl groups excluding tert-OH is 1. The number of ether oxygens (including phenoxy) is 1. The van der Waals surface area contributed by atoms with Crippen LogP contribution >= 0.6 is 23.2 Å². The fraction of sp³-hybridized carbons (Fsp3) is 0.300. The number of nitrogens with zero attached hydrogens (tertiary/aromatic N) is 2. The van der Waals surface area contributed by atoms with Gasteiger partial charge in [-0.2, -0.15) is 0 Å². The second-order valence-electron chi connectivity index (χ2n) is 10.1. The van der Waals surface area contributed by atoms with Gasteiger partial charge in [-0.05, 0) is 80.8 Å². The third kappa shape index (κ3) is 4.03. The van der Waals surface area contributed by atoms with E-state index in [0.717, 1.165) is 39.2 Å². The number of anilines is 1. The summed E-state index contributed by atoms with van der Waals surface area (Å²) >= 11 is 12.7. The predicted molar refractivity (Wildman–Crippen MR) is 152 cm³/mol. The van der Waals surface area contributed by atoms with E-state index in [9.17, 15) is 9.90 Å². The van der Waals surface area contributed by atoms with E-state index in [1.54, 1.807) is 12.0 Å². The summed E-state index contributed by atoms with van der Waals surface area (Å²) in [7, 11) is 1.63. The van der Waals surface area contributed by atoms with Crippen LogP contribution in [0.1, 0.15) is 41.7 Å². The Balaban J connectivity index is 1.74. The van der Waals surface area contributed by atoms with Gasteiger partial charge in [0, 0.05) is 32.9 Å². The van der Waals surface area contributed by atoms with Crippen molar-refractivity contribution in [1.82, 2.24) is 10.2 Å². The molecule has 8 heteroatoms. The molecule has 2 aliphatic heterocycles. The quantitative estimate of drug-likeness (QED) is 0.400. The molecule has 198 valence electrons. The van der Waals surface area contributed by atoms with Crippen molar-refractivity contribution in [3.05, 3.63) is 104 Å². The summed E-state index contributed by atoms with van der Waals surface area (Å²) in [5.41, 5.74) is 5.65. The predicted octanol–water partition coefficient (Wildman–Crippen LogP) is 5.88. The van der Waals surface area contributed by atoms with E-state index in [1.165, 1.54) is 0 Å². The lowest BCUT2D eigenvalue weighted by atomic mass is 9.84. The van der Waals surface area contributed by atoms with Crippen molar-refractivity contribution in [2.75, 3.05) is 18.6 Å². The van der Waals surface area contributed by atoms with Crippen molar-refractivity contribution >= 4 is 34.8 Å². The molecule has 0 bridgehead atoms. The summed E-state index contributed by atoms with van der Waals surface area (Å²) in [6.07, 6.45) is 0. The maximum absolute atomic E-state index is 14.0. The van der Waals surface area contributed by atoms with E-state index in [4.69, 9.17) is 27.9 Å². The molecule has 0 saturated heterocycles. The van der Waals surface area contributed by atoms with Gasteiger partial charge >= 0.3 is 0 Å². The molecule has 3 aromatic carbocycles. The first kappa shape index (κ1) is 26.4. The second kappa shape index (κ2) is 9.84. The van der Waals surface area contributed by atoms with Gasteiger partial charge in [-0.3, -0.25) is 4.79 Å². The lowest BCUT2D eigenvalue weighted by Crippen LogP contribution is -2.56. The molecular formula is C30H31Cl2N3O3. The van der Waals surface area contributed by atoms with E-state index < -0.39 is 5.66 Å². The minimum absolute atomic E-state index is 0.0132. The Labute approximate surface area is 233 Å². The largest absolute Gasteiger partial charge is 0.496 e. The second-order valence-corrected chi connectivity index (χ2v) is 11.0. The third-order valence-corrected chi connectivity index (χ3v) is 7.88. The van der Waals surface area contributed by atoms with Gasteiger partial charge in [0.05, 0.1) is 26.0 Å². The normalized spacial score (nSPS) is 18.9. The highest BCUT2D eigenvalue weighted by molar-refractivity contribution is 6.31. The van der Waals surface area contributed by atoms with Crippen LogP contribution in [0.25, 0.3) is 0 Å². The fourth-order valence-electron chi connectivity index (χ4n) is 5.80. The Morgan fingerprint density at radius 3 is 2.37 bits per heavy atom. The zero-order valence-electron chi connectivity index (χ0n) is 22.1. The molecular weight excluding hydrogens is 521 g/mol. The summed E-state index contributed by atoms with van der Waals surface area (Å²) in [4.78, 5) is 18.1. The number of halogens is 2. The Hall–Kier alpha value is -3.19. The van der Waals surface area contributed by atoms with Crippen molar-refractivity contribution in [3.63, 3.8) is 0 Å². The molecule has 2 aliphatic rings. The molecule has 0 fully saturated rings. The summed E-state index contributed by atoms with van der Waals surface area (Å²) in [6.45, 7) is 8.47. The number of carbonyl (C=O) groups excluding carboxylic acids is 1. The molecule has 2 N–H and O–H groups in total. The van der Waals surface area contributed by atoms with E-state index >= 15 is 0 Å². The summed E-state index contributed by atoms with van der Waals surface area (Å²) in [5, 5.41) is 14.9. The molecule has 0 spiro atoms. The highest BCUT2D eigenvalue weighted by Gasteiger charge is 2.55.